The Kier molecular flexibility index (Phi) is 5.15. The molecular formula is C18H23N3O3. The third-order valence-corrected chi connectivity index (χ3v) is 4.50. The first-order chi connectivity index (χ1) is 11.6. The number of carboxylic acid groups (broad SMARTS) is 1. The molecule has 24 heavy (non-hydrogen) atoms. The quantitative estimate of drug-likeness (QED) is 0.851. The van der Waals surface area contributed by atoms with E-state index in [0.717, 1.165) is 38.0 Å². The molecule has 6 heteroatoms. The molecule has 0 bridgehead atoms. The molecule has 1 aliphatic heterocycles. The molecule has 1 fully saturated rings. The summed E-state index contributed by atoms with van der Waals surface area (Å²) in [7, 11) is 0. The summed E-state index contributed by atoms with van der Waals surface area (Å²) in [6.07, 6.45) is 4.18. The van der Waals surface area contributed by atoms with Crippen LogP contribution in [0.3, 0.4) is 0 Å². The first kappa shape index (κ1) is 16.5. The Balaban J connectivity index is 1.67. The number of benzene rings is 1. The van der Waals surface area contributed by atoms with Crippen LogP contribution in [0, 0.1) is 6.92 Å². The SMILES string of the molecule is Cc1cn[nH]c1[C@H]1CCCN(Cc2ccccc2OCC(=O)O)C1. The molecule has 0 saturated carbocycles. The van der Waals surface area contributed by atoms with E-state index >= 15 is 0 Å². The fourth-order valence-corrected chi connectivity index (χ4v) is 3.36. The summed E-state index contributed by atoms with van der Waals surface area (Å²) in [6, 6.07) is 7.66. The molecule has 0 radical (unpaired) electrons. The Morgan fingerprint density at radius 2 is 2.29 bits per heavy atom. The molecule has 1 saturated heterocycles. The molecular weight excluding hydrogens is 306 g/mol. The maximum absolute atomic E-state index is 10.7. The van der Waals surface area contributed by atoms with Crippen molar-refractivity contribution < 1.29 is 14.6 Å². The van der Waals surface area contributed by atoms with E-state index in [9.17, 15) is 4.79 Å². The topological polar surface area (TPSA) is 78.5 Å². The summed E-state index contributed by atoms with van der Waals surface area (Å²) < 4.78 is 5.42. The van der Waals surface area contributed by atoms with Crippen molar-refractivity contribution >= 4 is 5.97 Å². The Labute approximate surface area is 141 Å². The van der Waals surface area contributed by atoms with Crippen LogP contribution < -0.4 is 4.74 Å². The minimum absolute atomic E-state index is 0.313. The number of likely N-dealkylation sites (tertiary alicyclic amines) is 1. The second-order valence-electron chi connectivity index (χ2n) is 6.33. The smallest absolute Gasteiger partial charge is 0.341 e. The number of para-hydroxylation sites is 1. The van der Waals surface area contributed by atoms with Crippen molar-refractivity contribution in [3.8, 4) is 5.75 Å². The molecule has 1 aromatic heterocycles. The van der Waals surface area contributed by atoms with Crippen molar-refractivity contribution in [1.82, 2.24) is 15.1 Å². The van der Waals surface area contributed by atoms with Gasteiger partial charge in [0.25, 0.3) is 0 Å². The average Bonchev–Trinajstić information content (AvgIpc) is 3.00. The zero-order chi connectivity index (χ0) is 16.9. The molecule has 128 valence electrons. The Morgan fingerprint density at radius 3 is 3.04 bits per heavy atom. The maximum atomic E-state index is 10.7. The number of aliphatic carboxylic acids is 1. The molecule has 0 amide bonds. The van der Waals surface area contributed by atoms with Gasteiger partial charge in [0.15, 0.2) is 6.61 Å². The number of carboxylic acids is 1. The minimum Gasteiger partial charge on any atom is -0.482 e. The average molecular weight is 329 g/mol. The van der Waals surface area contributed by atoms with E-state index in [-0.39, 0.29) is 6.61 Å². The molecule has 6 nitrogen and oxygen atoms in total. The summed E-state index contributed by atoms with van der Waals surface area (Å²) in [5.74, 6) is 0.158. The first-order valence-corrected chi connectivity index (χ1v) is 8.28. The fourth-order valence-electron chi connectivity index (χ4n) is 3.36. The van der Waals surface area contributed by atoms with Crippen LogP contribution in [0.15, 0.2) is 30.5 Å². The van der Waals surface area contributed by atoms with Crippen molar-refractivity contribution in [2.75, 3.05) is 19.7 Å². The standard InChI is InChI=1S/C18H23N3O3/c1-13-9-19-20-18(13)15-6-4-8-21(11-15)10-14-5-2-3-7-16(14)24-12-17(22)23/h2-3,5,7,9,15H,4,6,8,10-12H2,1H3,(H,19,20)(H,22,23)/t15-/m0/s1. The van der Waals surface area contributed by atoms with Gasteiger partial charge in [0.1, 0.15) is 5.75 Å². The van der Waals surface area contributed by atoms with Crippen LogP contribution in [-0.4, -0.2) is 45.9 Å². The predicted octanol–water partition coefficient (Wildman–Crippen LogP) is 2.56. The lowest BCUT2D eigenvalue weighted by Crippen LogP contribution is -2.34. The Morgan fingerprint density at radius 1 is 1.46 bits per heavy atom. The van der Waals surface area contributed by atoms with Crippen LogP contribution in [0.4, 0.5) is 0 Å². The van der Waals surface area contributed by atoms with Gasteiger partial charge in [-0.15, -0.1) is 0 Å². The number of carbonyl (C=O) groups is 1. The summed E-state index contributed by atoms with van der Waals surface area (Å²) in [6.45, 7) is 4.55. The fraction of sp³-hybridized carbons (Fsp3) is 0.444. The number of rotatable bonds is 6. The van der Waals surface area contributed by atoms with E-state index < -0.39 is 5.97 Å². The van der Waals surface area contributed by atoms with Gasteiger partial charge in [0.05, 0.1) is 6.20 Å². The molecule has 1 aliphatic rings. The molecule has 3 rings (SSSR count). The molecule has 2 heterocycles. The van der Waals surface area contributed by atoms with Crippen molar-refractivity contribution in [2.24, 2.45) is 0 Å². The van der Waals surface area contributed by atoms with E-state index in [1.807, 2.05) is 30.5 Å². The predicted molar refractivity (Wildman–Crippen MR) is 90.1 cm³/mol. The van der Waals surface area contributed by atoms with E-state index in [0.29, 0.717) is 11.7 Å². The van der Waals surface area contributed by atoms with Gasteiger partial charge >= 0.3 is 5.97 Å². The number of aromatic amines is 1. The highest BCUT2D eigenvalue weighted by molar-refractivity contribution is 5.68. The number of ether oxygens (including phenoxy) is 1. The number of nitrogens with one attached hydrogen (secondary N) is 1. The van der Waals surface area contributed by atoms with E-state index in [1.54, 1.807) is 0 Å². The number of hydrogen-bond donors (Lipinski definition) is 2. The summed E-state index contributed by atoms with van der Waals surface area (Å²) in [4.78, 5) is 13.1. The number of nitrogens with zero attached hydrogens (tertiary/aromatic N) is 2. The van der Waals surface area contributed by atoms with Crippen LogP contribution in [0.5, 0.6) is 5.75 Å². The van der Waals surface area contributed by atoms with Gasteiger partial charge in [-0.2, -0.15) is 5.10 Å². The van der Waals surface area contributed by atoms with Crippen LogP contribution in [0.25, 0.3) is 0 Å². The van der Waals surface area contributed by atoms with E-state index in [1.165, 1.54) is 11.3 Å². The highest BCUT2D eigenvalue weighted by Crippen LogP contribution is 2.29. The van der Waals surface area contributed by atoms with Gasteiger partial charge in [0.2, 0.25) is 0 Å². The highest BCUT2D eigenvalue weighted by Gasteiger charge is 2.24. The molecule has 0 aliphatic carbocycles. The Bertz CT molecular complexity index is 698. The molecule has 2 aromatic rings. The number of aromatic nitrogens is 2. The minimum atomic E-state index is -0.961. The van der Waals surface area contributed by atoms with Crippen molar-refractivity contribution in [3.63, 3.8) is 0 Å². The van der Waals surface area contributed by atoms with Crippen LogP contribution in [0.1, 0.15) is 35.6 Å². The van der Waals surface area contributed by atoms with Crippen LogP contribution in [-0.2, 0) is 11.3 Å². The lowest BCUT2D eigenvalue weighted by atomic mass is 9.92. The lowest BCUT2D eigenvalue weighted by Gasteiger charge is -2.32. The van der Waals surface area contributed by atoms with E-state index in [4.69, 9.17) is 9.84 Å². The third kappa shape index (κ3) is 3.94. The summed E-state index contributed by atoms with van der Waals surface area (Å²) >= 11 is 0. The van der Waals surface area contributed by atoms with Crippen molar-refractivity contribution in [2.45, 2.75) is 32.2 Å². The molecule has 2 N–H and O–H groups in total. The number of aryl methyl sites for hydroxylation is 1. The zero-order valence-electron chi connectivity index (χ0n) is 13.9. The molecule has 1 aromatic carbocycles. The number of piperidine rings is 1. The van der Waals surface area contributed by atoms with Crippen LogP contribution >= 0.6 is 0 Å². The van der Waals surface area contributed by atoms with Crippen molar-refractivity contribution in [1.29, 1.82) is 0 Å². The van der Waals surface area contributed by atoms with Crippen LogP contribution in [0.2, 0.25) is 0 Å². The first-order valence-electron chi connectivity index (χ1n) is 8.28. The maximum Gasteiger partial charge on any atom is 0.341 e. The van der Waals surface area contributed by atoms with Gasteiger partial charge < -0.3 is 9.84 Å². The largest absolute Gasteiger partial charge is 0.482 e. The third-order valence-electron chi connectivity index (χ3n) is 4.50. The molecule has 0 spiro atoms. The summed E-state index contributed by atoms with van der Waals surface area (Å²) in [5, 5.41) is 16.1. The summed E-state index contributed by atoms with van der Waals surface area (Å²) in [5.41, 5.74) is 3.47. The molecule has 0 unspecified atom stereocenters. The molecule has 1 atom stereocenters. The normalized spacial score (nSPS) is 18.5. The number of hydrogen-bond acceptors (Lipinski definition) is 4. The highest BCUT2D eigenvalue weighted by atomic mass is 16.5. The lowest BCUT2D eigenvalue weighted by molar-refractivity contribution is -0.139. The van der Waals surface area contributed by atoms with Gasteiger partial charge in [-0.3, -0.25) is 10.00 Å². The number of H-pyrrole nitrogens is 1. The van der Waals surface area contributed by atoms with Gasteiger partial charge in [-0.1, -0.05) is 18.2 Å². The monoisotopic (exact) mass is 329 g/mol. The zero-order valence-corrected chi connectivity index (χ0v) is 13.9. The van der Waals surface area contributed by atoms with Gasteiger partial charge in [-0.05, 0) is 37.9 Å². The van der Waals surface area contributed by atoms with Gasteiger partial charge in [-0.25, -0.2) is 4.79 Å². The second kappa shape index (κ2) is 7.49. The van der Waals surface area contributed by atoms with E-state index in [2.05, 4.69) is 22.0 Å². The van der Waals surface area contributed by atoms with Gasteiger partial charge in [0, 0.05) is 30.3 Å². The second-order valence-corrected chi connectivity index (χ2v) is 6.33. The Hall–Kier alpha value is -2.34. The van der Waals surface area contributed by atoms with Crippen molar-refractivity contribution in [3.05, 3.63) is 47.3 Å².